The van der Waals surface area contributed by atoms with Crippen LogP contribution in [0.4, 0.5) is 5.69 Å². The summed E-state index contributed by atoms with van der Waals surface area (Å²) in [5, 5.41) is 4.98. The Hall–Kier alpha value is -1.72. The fourth-order valence-corrected chi connectivity index (χ4v) is 4.56. The van der Waals surface area contributed by atoms with Crippen LogP contribution in [-0.4, -0.2) is 46.8 Å². The van der Waals surface area contributed by atoms with Gasteiger partial charge in [-0.2, -0.15) is 8.42 Å². The van der Waals surface area contributed by atoms with Gasteiger partial charge in [0.05, 0.1) is 12.2 Å². The molecule has 5 unspecified atom stereocenters. The van der Waals surface area contributed by atoms with Gasteiger partial charge in [0.1, 0.15) is 0 Å². The normalized spacial score (nSPS) is 31.1. The number of amides is 1. The molecule has 2 aliphatic rings. The average molecular weight is 398 g/mol. The summed E-state index contributed by atoms with van der Waals surface area (Å²) in [4.78, 5) is 12.3. The zero-order valence-corrected chi connectivity index (χ0v) is 16.2. The van der Waals surface area contributed by atoms with Crippen molar-refractivity contribution in [3.8, 4) is 0 Å². The number of ether oxygens (including phenoxy) is 2. The first kappa shape index (κ1) is 20.0. The van der Waals surface area contributed by atoms with Crippen molar-refractivity contribution in [1.82, 2.24) is 10.9 Å². The molecule has 0 spiro atoms. The molecule has 0 bridgehead atoms. The lowest BCUT2D eigenvalue weighted by atomic mass is 9.70. The second-order valence-electron chi connectivity index (χ2n) is 7.08. The number of carbonyl (C=O) groups excluding carboxylic acids is 1. The molecule has 10 heteroatoms. The van der Waals surface area contributed by atoms with Crippen molar-refractivity contribution < 1.29 is 22.7 Å². The summed E-state index contributed by atoms with van der Waals surface area (Å²) in [5.41, 5.74) is 7.32. The summed E-state index contributed by atoms with van der Waals surface area (Å²) in [5.74, 6) is -0.0196. The fourth-order valence-electron chi connectivity index (χ4n) is 4.10. The van der Waals surface area contributed by atoms with Crippen molar-refractivity contribution >= 4 is 21.8 Å². The lowest BCUT2D eigenvalue weighted by Crippen LogP contribution is -2.63. The van der Waals surface area contributed by atoms with Crippen LogP contribution < -0.4 is 20.7 Å². The maximum atomic E-state index is 12.3. The number of benzene rings is 1. The summed E-state index contributed by atoms with van der Waals surface area (Å²) in [7, 11) is -0.482. The topological polar surface area (TPSA) is 132 Å². The third kappa shape index (κ3) is 4.77. The highest BCUT2D eigenvalue weighted by atomic mass is 32.2. The molecule has 1 heterocycles. The van der Waals surface area contributed by atoms with Crippen LogP contribution in [-0.2, 0) is 30.9 Å². The molecule has 150 valence electrons. The maximum absolute atomic E-state index is 12.3. The molecule has 3 rings (SSSR count). The van der Waals surface area contributed by atoms with E-state index in [-0.39, 0.29) is 36.0 Å². The lowest BCUT2D eigenvalue weighted by Gasteiger charge is -2.46. The minimum absolute atomic E-state index is 0.0134. The van der Waals surface area contributed by atoms with Gasteiger partial charge in [-0.1, -0.05) is 12.1 Å². The highest BCUT2D eigenvalue weighted by molar-refractivity contribution is 7.90. The molecule has 1 aliphatic carbocycles. The largest absolute Gasteiger partial charge is 0.379 e. The van der Waals surface area contributed by atoms with Crippen LogP contribution in [0.25, 0.3) is 0 Å². The summed E-state index contributed by atoms with van der Waals surface area (Å²) in [6, 6.07) is 7.06. The Balaban J connectivity index is 1.72. The number of hydrogen-bond donors (Lipinski definition) is 4. The van der Waals surface area contributed by atoms with Crippen molar-refractivity contribution in [1.29, 1.82) is 0 Å². The maximum Gasteiger partial charge on any atom is 0.296 e. The Morgan fingerprint density at radius 1 is 1.15 bits per heavy atom. The molecule has 1 saturated heterocycles. The number of carbonyl (C=O) groups is 1. The van der Waals surface area contributed by atoms with Gasteiger partial charge in [0.2, 0.25) is 5.91 Å². The van der Waals surface area contributed by atoms with Gasteiger partial charge in [0.25, 0.3) is 10.2 Å². The minimum Gasteiger partial charge on any atom is -0.379 e. The number of hydrazine groups is 1. The fraction of sp³-hybridized carbons (Fsp3) is 0.588. The van der Waals surface area contributed by atoms with E-state index in [0.717, 1.165) is 12.0 Å². The van der Waals surface area contributed by atoms with Gasteiger partial charge < -0.3 is 9.47 Å². The van der Waals surface area contributed by atoms with Gasteiger partial charge in [-0.25, -0.2) is 10.6 Å². The van der Waals surface area contributed by atoms with Crippen LogP contribution in [0.2, 0.25) is 0 Å². The molecule has 0 aromatic heterocycles. The summed E-state index contributed by atoms with van der Waals surface area (Å²) >= 11 is 0. The predicted molar refractivity (Wildman–Crippen MR) is 99.8 cm³/mol. The van der Waals surface area contributed by atoms with Crippen LogP contribution in [0.5, 0.6) is 0 Å². The number of nitrogens with two attached hydrogens (primary N) is 1. The van der Waals surface area contributed by atoms with E-state index in [9.17, 15) is 13.2 Å². The number of fused-ring (bicyclic) bond motifs is 1. The molecular formula is C17H26N4O5S. The summed E-state index contributed by atoms with van der Waals surface area (Å²) < 4.78 is 35.5. The minimum atomic E-state index is -3.79. The Bertz CT molecular complexity index is 770. The molecule has 1 amide bonds. The van der Waals surface area contributed by atoms with E-state index in [1.807, 2.05) is 12.1 Å². The quantitative estimate of drug-likeness (QED) is 0.529. The van der Waals surface area contributed by atoms with E-state index < -0.39 is 10.2 Å². The second kappa shape index (κ2) is 8.11. The molecule has 1 saturated carbocycles. The second-order valence-corrected chi connectivity index (χ2v) is 8.37. The smallest absolute Gasteiger partial charge is 0.296 e. The van der Waals surface area contributed by atoms with Gasteiger partial charge in [0.15, 0.2) is 0 Å². The molecule has 5 atom stereocenters. The average Bonchev–Trinajstić information content (AvgIpc) is 2.63. The van der Waals surface area contributed by atoms with E-state index >= 15 is 0 Å². The first-order valence-electron chi connectivity index (χ1n) is 8.81. The van der Waals surface area contributed by atoms with Crippen molar-refractivity contribution in [2.24, 2.45) is 17.0 Å². The molecule has 1 aromatic rings. The number of methoxy groups -OCH3 is 2. The van der Waals surface area contributed by atoms with Crippen molar-refractivity contribution in [3.05, 3.63) is 29.8 Å². The SMILES string of the molecule is COC1CC2C(=O)NNC(Cc3ccc(NS(N)(=O)=O)cc3)C2CC1OC. The van der Waals surface area contributed by atoms with Crippen LogP contribution in [0.15, 0.2) is 24.3 Å². The van der Waals surface area contributed by atoms with Gasteiger partial charge in [-0.15, -0.1) is 0 Å². The van der Waals surface area contributed by atoms with E-state index in [2.05, 4.69) is 15.6 Å². The first-order chi connectivity index (χ1) is 12.8. The third-order valence-electron chi connectivity index (χ3n) is 5.43. The van der Waals surface area contributed by atoms with E-state index in [1.54, 1.807) is 26.4 Å². The predicted octanol–water partition coefficient (Wildman–Crippen LogP) is -0.0963. The standard InChI is InChI=1S/C17H26N4O5S/c1-25-15-8-12-13(9-16(15)26-2)17(22)20-19-14(12)7-10-3-5-11(6-4-10)21-27(18,23)24/h3-6,12-16,19,21H,7-9H2,1-2H3,(H,20,22)(H2,18,23,24). The highest BCUT2D eigenvalue weighted by Gasteiger charge is 2.46. The van der Waals surface area contributed by atoms with Gasteiger partial charge in [-0.05, 0) is 42.9 Å². The van der Waals surface area contributed by atoms with Gasteiger partial charge >= 0.3 is 0 Å². The van der Waals surface area contributed by atoms with Crippen LogP contribution >= 0.6 is 0 Å². The molecule has 27 heavy (non-hydrogen) atoms. The molecule has 5 N–H and O–H groups in total. The lowest BCUT2D eigenvalue weighted by molar-refractivity contribution is -0.145. The van der Waals surface area contributed by atoms with E-state index in [1.165, 1.54) is 0 Å². The van der Waals surface area contributed by atoms with Crippen LogP contribution in [0, 0.1) is 11.8 Å². The third-order valence-corrected chi connectivity index (χ3v) is 5.95. The van der Waals surface area contributed by atoms with E-state index in [4.69, 9.17) is 14.6 Å². The zero-order valence-electron chi connectivity index (χ0n) is 15.3. The Morgan fingerprint density at radius 3 is 2.37 bits per heavy atom. The number of nitrogens with one attached hydrogen (secondary N) is 3. The summed E-state index contributed by atoms with van der Waals surface area (Å²) in [6.07, 6.45) is 1.90. The van der Waals surface area contributed by atoms with Gasteiger partial charge in [0, 0.05) is 31.9 Å². The van der Waals surface area contributed by atoms with Crippen LogP contribution in [0.3, 0.4) is 0 Å². The molecule has 9 nitrogen and oxygen atoms in total. The summed E-state index contributed by atoms with van der Waals surface area (Å²) in [6.45, 7) is 0. The number of hydrogen-bond acceptors (Lipinski definition) is 6. The van der Waals surface area contributed by atoms with Crippen molar-refractivity contribution in [3.63, 3.8) is 0 Å². The Morgan fingerprint density at radius 2 is 1.78 bits per heavy atom. The molecular weight excluding hydrogens is 372 g/mol. The highest BCUT2D eigenvalue weighted by Crippen LogP contribution is 2.37. The van der Waals surface area contributed by atoms with Crippen molar-refractivity contribution in [2.75, 3.05) is 18.9 Å². The Labute approximate surface area is 159 Å². The molecule has 2 fully saturated rings. The van der Waals surface area contributed by atoms with Crippen molar-refractivity contribution in [2.45, 2.75) is 37.5 Å². The number of anilines is 1. The molecule has 1 aliphatic heterocycles. The zero-order chi connectivity index (χ0) is 19.6. The van der Waals surface area contributed by atoms with E-state index in [0.29, 0.717) is 18.5 Å². The molecule has 1 aromatic carbocycles. The monoisotopic (exact) mass is 398 g/mol. The van der Waals surface area contributed by atoms with Gasteiger partial charge in [-0.3, -0.25) is 14.9 Å². The molecule has 0 radical (unpaired) electrons. The first-order valence-corrected chi connectivity index (χ1v) is 10.4. The Kier molecular flexibility index (Phi) is 6.02. The van der Waals surface area contributed by atoms with Crippen LogP contribution in [0.1, 0.15) is 18.4 Å². The number of rotatable bonds is 6.